The minimum atomic E-state index is -0.00234. The standard InChI is InChI=1S/C12H19N3O/c1-3-8-15-9-7-13-10(11(15)16)14-12(2)5-4-6-12/h7,9H,3-6,8H2,1-2H3,(H,13,14). The lowest BCUT2D eigenvalue weighted by atomic mass is 9.78. The smallest absolute Gasteiger partial charge is 0.293 e. The van der Waals surface area contributed by atoms with E-state index in [4.69, 9.17) is 0 Å². The van der Waals surface area contributed by atoms with Crippen LogP contribution in [0.25, 0.3) is 0 Å². The van der Waals surface area contributed by atoms with Crippen molar-refractivity contribution in [2.75, 3.05) is 5.32 Å². The van der Waals surface area contributed by atoms with E-state index in [2.05, 4.69) is 24.1 Å². The van der Waals surface area contributed by atoms with Gasteiger partial charge >= 0.3 is 0 Å². The van der Waals surface area contributed by atoms with Crippen molar-refractivity contribution in [3.63, 3.8) is 0 Å². The van der Waals surface area contributed by atoms with Crippen LogP contribution in [-0.4, -0.2) is 15.1 Å². The zero-order valence-corrected chi connectivity index (χ0v) is 9.99. The minimum Gasteiger partial charge on any atom is -0.360 e. The van der Waals surface area contributed by atoms with Gasteiger partial charge in [0.05, 0.1) is 0 Å². The molecule has 0 spiro atoms. The van der Waals surface area contributed by atoms with Crippen LogP contribution in [0.1, 0.15) is 39.5 Å². The molecule has 0 radical (unpaired) electrons. The van der Waals surface area contributed by atoms with Gasteiger partial charge in [0.1, 0.15) is 0 Å². The number of aromatic nitrogens is 2. The molecule has 4 nitrogen and oxygen atoms in total. The van der Waals surface area contributed by atoms with Crippen LogP contribution in [0.2, 0.25) is 0 Å². The zero-order chi connectivity index (χ0) is 11.6. The molecule has 1 fully saturated rings. The van der Waals surface area contributed by atoms with E-state index >= 15 is 0 Å². The van der Waals surface area contributed by atoms with Crippen LogP contribution in [0, 0.1) is 0 Å². The van der Waals surface area contributed by atoms with Crippen molar-refractivity contribution >= 4 is 5.82 Å². The van der Waals surface area contributed by atoms with E-state index < -0.39 is 0 Å². The number of nitrogens with one attached hydrogen (secondary N) is 1. The van der Waals surface area contributed by atoms with E-state index in [9.17, 15) is 4.79 Å². The molecular weight excluding hydrogens is 202 g/mol. The fraction of sp³-hybridized carbons (Fsp3) is 0.667. The maximum atomic E-state index is 12.0. The van der Waals surface area contributed by atoms with Crippen molar-refractivity contribution in [1.82, 2.24) is 9.55 Å². The lowest BCUT2D eigenvalue weighted by Gasteiger charge is -2.39. The van der Waals surface area contributed by atoms with Gasteiger partial charge in [-0.05, 0) is 32.6 Å². The van der Waals surface area contributed by atoms with Crippen molar-refractivity contribution in [2.45, 2.75) is 51.6 Å². The summed E-state index contributed by atoms with van der Waals surface area (Å²) in [5.41, 5.74) is 0.0786. The normalized spacial score (nSPS) is 17.9. The number of anilines is 1. The highest BCUT2D eigenvalue weighted by Gasteiger charge is 2.32. The molecule has 0 unspecified atom stereocenters. The summed E-state index contributed by atoms with van der Waals surface area (Å²) in [6.07, 6.45) is 7.88. The topological polar surface area (TPSA) is 46.9 Å². The Labute approximate surface area is 95.7 Å². The van der Waals surface area contributed by atoms with Crippen LogP contribution in [0.3, 0.4) is 0 Å². The average Bonchev–Trinajstić information content (AvgIpc) is 2.22. The maximum absolute atomic E-state index is 12.0. The number of aryl methyl sites for hydroxylation is 1. The van der Waals surface area contributed by atoms with E-state index in [-0.39, 0.29) is 11.1 Å². The first-order valence-corrected chi connectivity index (χ1v) is 5.98. The molecule has 4 heteroatoms. The summed E-state index contributed by atoms with van der Waals surface area (Å²) in [6, 6.07) is 0. The Morgan fingerprint density at radius 2 is 2.31 bits per heavy atom. The molecule has 1 aliphatic carbocycles. The molecule has 1 aliphatic rings. The number of nitrogens with zero attached hydrogens (tertiary/aromatic N) is 2. The van der Waals surface area contributed by atoms with E-state index in [0.717, 1.165) is 25.8 Å². The lowest BCUT2D eigenvalue weighted by molar-refractivity contribution is 0.305. The van der Waals surface area contributed by atoms with Crippen molar-refractivity contribution in [3.8, 4) is 0 Å². The second kappa shape index (κ2) is 4.28. The van der Waals surface area contributed by atoms with Gasteiger partial charge in [-0.2, -0.15) is 0 Å². The molecule has 1 aromatic rings. The van der Waals surface area contributed by atoms with E-state index in [1.54, 1.807) is 17.0 Å². The summed E-state index contributed by atoms with van der Waals surface area (Å²) in [7, 11) is 0. The third-order valence-corrected chi connectivity index (χ3v) is 3.26. The van der Waals surface area contributed by atoms with Gasteiger partial charge in [-0.15, -0.1) is 0 Å². The van der Waals surface area contributed by atoms with Gasteiger partial charge in [-0.3, -0.25) is 4.79 Å². The van der Waals surface area contributed by atoms with Gasteiger partial charge in [-0.25, -0.2) is 4.98 Å². The molecule has 16 heavy (non-hydrogen) atoms. The van der Waals surface area contributed by atoms with Gasteiger partial charge in [-0.1, -0.05) is 6.92 Å². The lowest BCUT2D eigenvalue weighted by Crippen LogP contribution is -2.44. The molecule has 0 aromatic carbocycles. The highest BCUT2D eigenvalue weighted by molar-refractivity contribution is 5.35. The molecular formula is C12H19N3O. The first-order valence-electron chi connectivity index (χ1n) is 5.98. The fourth-order valence-electron chi connectivity index (χ4n) is 2.07. The second-order valence-corrected chi connectivity index (χ2v) is 4.81. The Balaban J connectivity index is 2.20. The first kappa shape index (κ1) is 11.2. The number of hydrogen-bond donors (Lipinski definition) is 1. The number of rotatable bonds is 4. The Morgan fingerprint density at radius 3 is 2.88 bits per heavy atom. The summed E-state index contributed by atoms with van der Waals surface area (Å²) in [4.78, 5) is 16.2. The Morgan fingerprint density at radius 1 is 1.56 bits per heavy atom. The van der Waals surface area contributed by atoms with Crippen LogP contribution in [0.4, 0.5) is 5.82 Å². The molecule has 1 heterocycles. The SMILES string of the molecule is CCCn1ccnc(NC2(C)CCC2)c1=O. The number of hydrogen-bond acceptors (Lipinski definition) is 3. The summed E-state index contributed by atoms with van der Waals surface area (Å²) in [5.74, 6) is 0.498. The summed E-state index contributed by atoms with van der Waals surface area (Å²) < 4.78 is 1.72. The van der Waals surface area contributed by atoms with Crippen LogP contribution in [0.5, 0.6) is 0 Å². The van der Waals surface area contributed by atoms with Gasteiger partial charge in [0.2, 0.25) is 0 Å². The zero-order valence-electron chi connectivity index (χ0n) is 9.99. The molecule has 1 aromatic heterocycles. The van der Waals surface area contributed by atoms with Crippen LogP contribution in [0.15, 0.2) is 17.2 Å². The quantitative estimate of drug-likeness (QED) is 0.846. The third-order valence-electron chi connectivity index (χ3n) is 3.26. The highest BCUT2D eigenvalue weighted by atomic mass is 16.1. The monoisotopic (exact) mass is 221 g/mol. The fourth-order valence-corrected chi connectivity index (χ4v) is 2.07. The molecule has 2 rings (SSSR count). The molecule has 88 valence electrons. The van der Waals surface area contributed by atoms with Crippen molar-refractivity contribution in [2.24, 2.45) is 0 Å². The van der Waals surface area contributed by atoms with Gasteiger partial charge < -0.3 is 9.88 Å². The summed E-state index contributed by atoms with van der Waals surface area (Å²) >= 11 is 0. The second-order valence-electron chi connectivity index (χ2n) is 4.81. The van der Waals surface area contributed by atoms with E-state index in [1.165, 1.54) is 6.42 Å². The Kier molecular flexibility index (Phi) is 2.99. The first-order chi connectivity index (χ1) is 7.64. The van der Waals surface area contributed by atoms with Gasteiger partial charge in [0.25, 0.3) is 5.56 Å². The minimum absolute atomic E-state index is 0.00234. The predicted octanol–water partition coefficient (Wildman–Crippen LogP) is 2.01. The van der Waals surface area contributed by atoms with Crippen LogP contribution < -0.4 is 10.9 Å². The Hall–Kier alpha value is -1.32. The predicted molar refractivity (Wildman–Crippen MR) is 64.7 cm³/mol. The Bertz CT molecular complexity index is 421. The van der Waals surface area contributed by atoms with Gasteiger partial charge in [0.15, 0.2) is 5.82 Å². The molecule has 0 atom stereocenters. The highest BCUT2D eigenvalue weighted by Crippen LogP contribution is 2.33. The molecule has 0 bridgehead atoms. The summed E-state index contributed by atoms with van der Waals surface area (Å²) in [5, 5.41) is 3.28. The molecule has 1 N–H and O–H groups in total. The largest absolute Gasteiger partial charge is 0.360 e. The maximum Gasteiger partial charge on any atom is 0.293 e. The van der Waals surface area contributed by atoms with Crippen molar-refractivity contribution < 1.29 is 0 Å². The van der Waals surface area contributed by atoms with Crippen LogP contribution in [-0.2, 0) is 6.54 Å². The van der Waals surface area contributed by atoms with Crippen LogP contribution >= 0.6 is 0 Å². The average molecular weight is 221 g/mol. The van der Waals surface area contributed by atoms with E-state index in [0.29, 0.717) is 5.82 Å². The molecule has 0 saturated heterocycles. The molecule has 0 amide bonds. The van der Waals surface area contributed by atoms with Crippen molar-refractivity contribution in [1.29, 1.82) is 0 Å². The van der Waals surface area contributed by atoms with E-state index in [1.807, 2.05) is 0 Å². The third kappa shape index (κ3) is 2.10. The van der Waals surface area contributed by atoms with Crippen molar-refractivity contribution in [3.05, 3.63) is 22.7 Å². The molecule has 0 aliphatic heterocycles. The van der Waals surface area contributed by atoms with Gasteiger partial charge in [0, 0.05) is 24.5 Å². The summed E-state index contributed by atoms with van der Waals surface area (Å²) in [6.45, 7) is 4.97. The molecule has 1 saturated carbocycles.